The van der Waals surface area contributed by atoms with E-state index in [1.807, 2.05) is 54.6 Å². The lowest BCUT2D eigenvalue weighted by atomic mass is 9.98. The quantitative estimate of drug-likeness (QED) is 0.402. The number of ether oxygens (including phenoxy) is 1. The molecule has 0 spiro atoms. The molecule has 4 aromatic carbocycles. The normalized spacial score (nSPS) is 12.5. The number of hydrogen-bond donors (Lipinski definition) is 0. The smallest absolute Gasteiger partial charge is 0.303 e. The minimum absolute atomic E-state index is 0.296. The van der Waals surface area contributed by atoms with Gasteiger partial charge in [0, 0.05) is 12.5 Å². The standard InChI is InChI=1S/C25H20O2/c1-18(26)27-25(24-15-7-12-20-9-3-5-14-23(20)24)17-16-21-11-6-10-19-8-2-4-13-22(19)21/h2-17,25H,1H3/b17-16+. The second-order valence-electron chi connectivity index (χ2n) is 6.53. The van der Waals surface area contributed by atoms with Gasteiger partial charge in [0.25, 0.3) is 0 Å². The van der Waals surface area contributed by atoms with Crippen LogP contribution in [0.15, 0.2) is 91.0 Å². The number of esters is 1. The van der Waals surface area contributed by atoms with Crippen molar-refractivity contribution in [3.05, 3.63) is 102 Å². The molecule has 132 valence electrons. The highest BCUT2D eigenvalue weighted by Gasteiger charge is 2.14. The molecule has 0 saturated carbocycles. The SMILES string of the molecule is CC(=O)OC(/C=C/c1cccc2ccccc12)c1cccc2ccccc12. The fourth-order valence-electron chi connectivity index (χ4n) is 3.47. The number of rotatable bonds is 4. The van der Waals surface area contributed by atoms with Gasteiger partial charge in [-0.05, 0) is 33.2 Å². The van der Waals surface area contributed by atoms with Gasteiger partial charge >= 0.3 is 5.97 Å². The lowest BCUT2D eigenvalue weighted by Gasteiger charge is -2.16. The van der Waals surface area contributed by atoms with Crippen LogP contribution in [-0.2, 0) is 9.53 Å². The zero-order chi connectivity index (χ0) is 18.6. The Bertz CT molecular complexity index is 1130. The third-order valence-corrected chi connectivity index (χ3v) is 4.70. The Balaban J connectivity index is 1.78. The van der Waals surface area contributed by atoms with E-state index < -0.39 is 6.10 Å². The first-order chi connectivity index (χ1) is 13.2. The summed E-state index contributed by atoms with van der Waals surface area (Å²) in [5, 5.41) is 4.59. The Labute approximate surface area is 158 Å². The van der Waals surface area contributed by atoms with Crippen LogP contribution in [0.2, 0.25) is 0 Å². The average molecular weight is 352 g/mol. The third kappa shape index (κ3) is 3.61. The maximum absolute atomic E-state index is 11.7. The molecule has 4 rings (SSSR count). The molecule has 0 aromatic heterocycles. The summed E-state index contributed by atoms with van der Waals surface area (Å²) >= 11 is 0. The molecule has 0 aliphatic heterocycles. The molecule has 0 heterocycles. The molecule has 0 aliphatic carbocycles. The van der Waals surface area contributed by atoms with Gasteiger partial charge in [-0.25, -0.2) is 0 Å². The molecule has 1 unspecified atom stereocenters. The first-order valence-corrected chi connectivity index (χ1v) is 9.03. The van der Waals surface area contributed by atoms with E-state index in [1.165, 1.54) is 17.7 Å². The second kappa shape index (κ2) is 7.46. The van der Waals surface area contributed by atoms with E-state index in [-0.39, 0.29) is 5.97 Å². The van der Waals surface area contributed by atoms with Crippen LogP contribution in [0.3, 0.4) is 0 Å². The summed E-state index contributed by atoms with van der Waals surface area (Å²) in [4.78, 5) is 11.7. The van der Waals surface area contributed by atoms with Crippen LogP contribution >= 0.6 is 0 Å². The molecule has 0 radical (unpaired) electrons. The van der Waals surface area contributed by atoms with Crippen molar-refractivity contribution in [3.63, 3.8) is 0 Å². The molecule has 0 bridgehead atoms. The summed E-state index contributed by atoms with van der Waals surface area (Å²) < 4.78 is 5.65. The number of carbonyl (C=O) groups excluding carboxylic acids is 1. The summed E-state index contributed by atoms with van der Waals surface area (Å²) in [6, 6.07) is 28.7. The third-order valence-electron chi connectivity index (χ3n) is 4.70. The van der Waals surface area contributed by atoms with Crippen LogP contribution < -0.4 is 0 Å². The first-order valence-electron chi connectivity index (χ1n) is 9.03. The summed E-state index contributed by atoms with van der Waals surface area (Å²) in [5.41, 5.74) is 2.09. The molecular weight excluding hydrogens is 332 g/mol. The number of hydrogen-bond acceptors (Lipinski definition) is 2. The highest BCUT2D eigenvalue weighted by atomic mass is 16.5. The van der Waals surface area contributed by atoms with Crippen molar-refractivity contribution in [3.8, 4) is 0 Å². The zero-order valence-electron chi connectivity index (χ0n) is 15.1. The van der Waals surface area contributed by atoms with Crippen LogP contribution in [0.1, 0.15) is 24.2 Å². The van der Waals surface area contributed by atoms with Crippen LogP contribution in [0.25, 0.3) is 27.6 Å². The zero-order valence-corrected chi connectivity index (χ0v) is 15.1. The molecule has 2 nitrogen and oxygen atoms in total. The maximum Gasteiger partial charge on any atom is 0.303 e. The van der Waals surface area contributed by atoms with Gasteiger partial charge in [-0.3, -0.25) is 4.79 Å². The van der Waals surface area contributed by atoms with Gasteiger partial charge in [-0.1, -0.05) is 91.0 Å². The van der Waals surface area contributed by atoms with Crippen LogP contribution in [0.4, 0.5) is 0 Å². The van der Waals surface area contributed by atoms with Gasteiger partial charge in [0.1, 0.15) is 6.10 Å². The lowest BCUT2D eigenvalue weighted by molar-refractivity contribution is -0.144. The lowest BCUT2D eigenvalue weighted by Crippen LogP contribution is -2.06. The van der Waals surface area contributed by atoms with Gasteiger partial charge in [0.15, 0.2) is 0 Å². The molecule has 0 aliphatic rings. The monoisotopic (exact) mass is 352 g/mol. The Kier molecular flexibility index (Phi) is 4.71. The average Bonchev–Trinajstić information content (AvgIpc) is 2.70. The van der Waals surface area contributed by atoms with Gasteiger partial charge < -0.3 is 4.74 Å². The van der Waals surface area contributed by atoms with E-state index in [9.17, 15) is 4.79 Å². The fraction of sp³-hybridized carbons (Fsp3) is 0.0800. The van der Waals surface area contributed by atoms with E-state index in [0.29, 0.717) is 0 Å². The van der Waals surface area contributed by atoms with Gasteiger partial charge in [-0.2, -0.15) is 0 Å². The van der Waals surface area contributed by atoms with E-state index in [0.717, 1.165) is 21.9 Å². The fourth-order valence-corrected chi connectivity index (χ4v) is 3.47. The van der Waals surface area contributed by atoms with Crippen LogP contribution in [0.5, 0.6) is 0 Å². The highest BCUT2D eigenvalue weighted by molar-refractivity contribution is 5.91. The van der Waals surface area contributed by atoms with Crippen LogP contribution in [-0.4, -0.2) is 5.97 Å². The number of benzene rings is 4. The maximum atomic E-state index is 11.7. The van der Waals surface area contributed by atoms with Crippen LogP contribution in [0, 0.1) is 0 Å². The molecule has 1 atom stereocenters. The molecule has 0 amide bonds. The van der Waals surface area contributed by atoms with Crippen molar-refractivity contribution in [2.24, 2.45) is 0 Å². The first kappa shape index (κ1) is 17.0. The summed E-state index contributed by atoms with van der Waals surface area (Å²) in [6.45, 7) is 1.45. The minimum Gasteiger partial charge on any atom is -0.453 e. The topological polar surface area (TPSA) is 26.3 Å². The summed E-state index contributed by atoms with van der Waals surface area (Å²) in [5.74, 6) is -0.296. The molecule has 4 aromatic rings. The summed E-state index contributed by atoms with van der Waals surface area (Å²) in [7, 11) is 0. The van der Waals surface area contributed by atoms with E-state index in [1.54, 1.807) is 0 Å². The van der Waals surface area contributed by atoms with E-state index in [2.05, 4.69) is 42.5 Å². The molecule has 0 saturated heterocycles. The van der Waals surface area contributed by atoms with Gasteiger partial charge in [-0.15, -0.1) is 0 Å². The highest BCUT2D eigenvalue weighted by Crippen LogP contribution is 2.29. The predicted molar refractivity (Wildman–Crippen MR) is 111 cm³/mol. The van der Waals surface area contributed by atoms with Crippen molar-refractivity contribution < 1.29 is 9.53 Å². The van der Waals surface area contributed by atoms with Crippen molar-refractivity contribution in [2.45, 2.75) is 13.0 Å². The van der Waals surface area contributed by atoms with Crippen molar-refractivity contribution in [1.82, 2.24) is 0 Å². The Morgan fingerprint density at radius 1 is 0.778 bits per heavy atom. The van der Waals surface area contributed by atoms with Crippen molar-refractivity contribution in [1.29, 1.82) is 0 Å². The molecule has 0 N–H and O–H groups in total. The predicted octanol–water partition coefficient (Wildman–Crippen LogP) is 6.31. The Hall–Kier alpha value is -3.39. The number of carbonyl (C=O) groups is 1. The largest absolute Gasteiger partial charge is 0.453 e. The number of fused-ring (bicyclic) bond motifs is 2. The second-order valence-corrected chi connectivity index (χ2v) is 6.53. The Morgan fingerprint density at radius 2 is 1.37 bits per heavy atom. The molecular formula is C25H20O2. The van der Waals surface area contributed by atoms with Gasteiger partial charge in [0.05, 0.1) is 0 Å². The molecule has 27 heavy (non-hydrogen) atoms. The van der Waals surface area contributed by atoms with E-state index in [4.69, 9.17) is 4.74 Å². The van der Waals surface area contributed by atoms with Crippen molar-refractivity contribution in [2.75, 3.05) is 0 Å². The minimum atomic E-state index is -0.437. The molecule has 2 heteroatoms. The van der Waals surface area contributed by atoms with E-state index >= 15 is 0 Å². The Morgan fingerprint density at radius 3 is 2.11 bits per heavy atom. The van der Waals surface area contributed by atoms with Crippen molar-refractivity contribution >= 4 is 33.6 Å². The van der Waals surface area contributed by atoms with Gasteiger partial charge in [0.2, 0.25) is 0 Å². The summed E-state index contributed by atoms with van der Waals surface area (Å²) in [6.07, 6.45) is 3.57. The molecule has 0 fully saturated rings.